The lowest BCUT2D eigenvalue weighted by atomic mass is 10.0. The number of carbonyl (C=O) groups is 1. The Kier molecular flexibility index (Phi) is 3.59. The van der Waals surface area contributed by atoms with E-state index in [1.807, 2.05) is 12.1 Å². The average molecular weight is 288 g/mol. The van der Waals surface area contributed by atoms with Crippen LogP contribution in [-0.2, 0) is 11.2 Å². The molecule has 0 amide bonds. The number of nitrogens with two attached hydrogens (primary N) is 1. The number of Topliss-reactive ketones (excluding diaryl/α,β-unsaturated/α-hetero) is 1. The van der Waals surface area contributed by atoms with Gasteiger partial charge in [0.15, 0.2) is 0 Å². The molecule has 1 heterocycles. The topological polar surface area (TPSA) is 43.1 Å². The van der Waals surface area contributed by atoms with Crippen LogP contribution in [0.25, 0.3) is 0 Å². The van der Waals surface area contributed by atoms with Gasteiger partial charge in [-0.15, -0.1) is 11.3 Å². The van der Waals surface area contributed by atoms with Crippen LogP contribution < -0.4 is 5.73 Å². The number of hydrogen-bond acceptors (Lipinski definition) is 3. The number of hydrogen-bond donors (Lipinski definition) is 1. The number of rotatable bonds is 5. The normalized spacial score (nSPS) is 17.7. The van der Waals surface area contributed by atoms with Gasteiger partial charge in [0.2, 0.25) is 0 Å². The Bertz CT molecular complexity index is 359. The third kappa shape index (κ3) is 3.40. The molecule has 4 heteroatoms. The summed E-state index contributed by atoms with van der Waals surface area (Å²) in [5, 5.41) is 0. The van der Waals surface area contributed by atoms with Gasteiger partial charge in [-0.1, -0.05) is 0 Å². The quantitative estimate of drug-likeness (QED) is 0.905. The monoisotopic (exact) mass is 287 g/mol. The summed E-state index contributed by atoms with van der Waals surface area (Å²) >= 11 is 5.01. The van der Waals surface area contributed by atoms with Crippen molar-refractivity contribution in [2.45, 2.75) is 31.7 Å². The fourth-order valence-corrected chi connectivity index (χ4v) is 3.18. The van der Waals surface area contributed by atoms with E-state index in [1.165, 1.54) is 12.8 Å². The molecular formula is C11H14BrNOS. The number of thiophene rings is 1. The highest BCUT2D eigenvalue weighted by atomic mass is 79.9. The molecule has 1 atom stereocenters. The van der Waals surface area contributed by atoms with Crippen LogP contribution in [0.1, 0.15) is 24.1 Å². The zero-order valence-corrected chi connectivity index (χ0v) is 10.8. The summed E-state index contributed by atoms with van der Waals surface area (Å²) < 4.78 is 1.08. The number of halogens is 1. The second-order valence-corrected chi connectivity index (χ2v) is 6.67. The van der Waals surface area contributed by atoms with Crippen molar-refractivity contribution in [3.05, 3.63) is 20.8 Å². The van der Waals surface area contributed by atoms with Crippen LogP contribution in [0.15, 0.2) is 15.9 Å². The molecule has 0 aliphatic heterocycles. The van der Waals surface area contributed by atoms with Gasteiger partial charge in [0, 0.05) is 23.8 Å². The largest absolute Gasteiger partial charge is 0.327 e. The molecule has 82 valence electrons. The predicted molar refractivity (Wildman–Crippen MR) is 66.0 cm³/mol. The maximum absolute atomic E-state index is 11.7. The van der Waals surface area contributed by atoms with Crippen molar-refractivity contribution in [2.24, 2.45) is 11.7 Å². The van der Waals surface area contributed by atoms with Gasteiger partial charge >= 0.3 is 0 Å². The lowest BCUT2D eigenvalue weighted by molar-refractivity contribution is -0.118. The smallest absolute Gasteiger partial charge is 0.139 e. The average Bonchev–Trinajstić information content (AvgIpc) is 2.92. The van der Waals surface area contributed by atoms with Gasteiger partial charge in [-0.05, 0) is 46.8 Å². The van der Waals surface area contributed by atoms with E-state index in [2.05, 4.69) is 15.9 Å². The Morgan fingerprint density at radius 1 is 1.60 bits per heavy atom. The van der Waals surface area contributed by atoms with E-state index in [1.54, 1.807) is 11.3 Å². The molecule has 1 saturated carbocycles. The van der Waals surface area contributed by atoms with Crippen molar-refractivity contribution in [1.82, 2.24) is 0 Å². The predicted octanol–water partition coefficient (Wildman–Crippen LogP) is 2.75. The zero-order chi connectivity index (χ0) is 10.8. The first-order chi connectivity index (χ1) is 7.15. The lowest BCUT2D eigenvalue weighted by Crippen LogP contribution is -2.26. The molecule has 1 aromatic heterocycles. The van der Waals surface area contributed by atoms with Gasteiger partial charge in [-0.3, -0.25) is 4.79 Å². The van der Waals surface area contributed by atoms with Crippen LogP contribution in [0.4, 0.5) is 0 Å². The minimum absolute atomic E-state index is 0.0981. The molecule has 1 aliphatic carbocycles. The van der Waals surface area contributed by atoms with Gasteiger partial charge < -0.3 is 5.73 Å². The maximum Gasteiger partial charge on any atom is 0.139 e. The molecule has 2 rings (SSSR count). The Labute approximate surface area is 102 Å². The molecule has 1 aliphatic rings. The van der Waals surface area contributed by atoms with Crippen molar-refractivity contribution in [2.75, 3.05) is 0 Å². The molecule has 0 aromatic carbocycles. The molecule has 1 unspecified atom stereocenters. The first-order valence-corrected chi connectivity index (χ1v) is 6.77. The molecule has 0 radical (unpaired) electrons. The number of ketones is 1. The first-order valence-electron chi connectivity index (χ1n) is 5.16. The Balaban J connectivity index is 1.81. The third-order valence-electron chi connectivity index (χ3n) is 2.69. The van der Waals surface area contributed by atoms with E-state index >= 15 is 0 Å². The van der Waals surface area contributed by atoms with Gasteiger partial charge in [0.1, 0.15) is 5.78 Å². The van der Waals surface area contributed by atoms with Crippen LogP contribution in [0, 0.1) is 5.92 Å². The minimum atomic E-state index is 0.0981. The molecule has 1 aromatic rings. The molecule has 0 spiro atoms. The van der Waals surface area contributed by atoms with Gasteiger partial charge in [-0.2, -0.15) is 0 Å². The Morgan fingerprint density at radius 3 is 2.87 bits per heavy atom. The Hall–Kier alpha value is -0.190. The minimum Gasteiger partial charge on any atom is -0.327 e. The zero-order valence-electron chi connectivity index (χ0n) is 8.41. The lowest BCUT2D eigenvalue weighted by Gasteiger charge is -2.07. The van der Waals surface area contributed by atoms with E-state index in [4.69, 9.17) is 5.73 Å². The van der Waals surface area contributed by atoms with Crippen molar-refractivity contribution in [3.63, 3.8) is 0 Å². The highest BCUT2D eigenvalue weighted by Crippen LogP contribution is 2.33. The summed E-state index contributed by atoms with van der Waals surface area (Å²) in [6.07, 6.45) is 3.49. The van der Waals surface area contributed by atoms with E-state index in [0.717, 1.165) is 8.66 Å². The second kappa shape index (κ2) is 4.76. The van der Waals surface area contributed by atoms with E-state index in [-0.39, 0.29) is 11.8 Å². The van der Waals surface area contributed by atoms with Crippen molar-refractivity contribution in [3.8, 4) is 0 Å². The van der Waals surface area contributed by atoms with Crippen LogP contribution in [-0.4, -0.2) is 11.8 Å². The van der Waals surface area contributed by atoms with Gasteiger partial charge in [0.25, 0.3) is 0 Å². The summed E-state index contributed by atoms with van der Waals surface area (Å²) in [6.45, 7) is 0. The second-order valence-electron chi connectivity index (χ2n) is 4.13. The van der Waals surface area contributed by atoms with Crippen LogP contribution in [0.2, 0.25) is 0 Å². The fraction of sp³-hybridized carbons (Fsp3) is 0.545. The summed E-state index contributed by atoms with van der Waals surface area (Å²) in [7, 11) is 0. The van der Waals surface area contributed by atoms with Crippen molar-refractivity contribution >= 4 is 33.0 Å². The van der Waals surface area contributed by atoms with Crippen molar-refractivity contribution in [1.29, 1.82) is 0 Å². The standard InChI is InChI=1S/C11H14BrNOS/c12-11-4-3-9(15-11)5-8(14)6-10(13)7-1-2-7/h3-4,7,10H,1-2,5-6,13H2. The van der Waals surface area contributed by atoms with E-state index in [0.29, 0.717) is 18.8 Å². The molecule has 2 N–H and O–H groups in total. The summed E-state index contributed by atoms with van der Waals surface area (Å²) in [5.74, 6) is 0.882. The summed E-state index contributed by atoms with van der Waals surface area (Å²) in [6, 6.07) is 4.07. The molecule has 1 fully saturated rings. The first kappa shape index (κ1) is 11.3. The third-order valence-corrected chi connectivity index (χ3v) is 4.31. The fourth-order valence-electron chi connectivity index (χ4n) is 1.67. The molecular weight excluding hydrogens is 274 g/mol. The van der Waals surface area contributed by atoms with Crippen LogP contribution in [0.3, 0.4) is 0 Å². The summed E-state index contributed by atoms with van der Waals surface area (Å²) in [4.78, 5) is 12.8. The highest BCUT2D eigenvalue weighted by Gasteiger charge is 2.29. The molecule has 0 bridgehead atoms. The molecule has 15 heavy (non-hydrogen) atoms. The molecule has 2 nitrogen and oxygen atoms in total. The van der Waals surface area contributed by atoms with E-state index in [9.17, 15) is 4.79 Å². The Morgan fingerprint density at radius 2 is 2.33 bits per heavy atom. The van der Waals surface area contributed by atoms with Crippen molar-refractivity contribution < 1.29 is 4.79 Å². The summed E-state index contributed by atoms with van der Waals surface area (Å²) in [5.41, 5.74) is 5.91. The number of carbonyl (C=O) groups excluding carboxylic acids is 1. The maximum atomic E-state index is 11.7. The van der Waals surface area contributed by atoms with Gasteiger partial charge in [-0.25, -0.2) is 0 Å². The van der Waals surface area contributed by atoms with Crippen LogP contribution in [0.5, 0.6) is 0 Å². The van der Waals surface area contributed by atoms with E-state index < -0.39 is 0 Å². The SMILES string of the molecule is NC(CC(=O)Cc1ccc(Br)s1)C1CC1. The molecule has 0 saturated heterocycles. The van der Waals surface area contributed by atoms with Gasteiger partial charge in [0.05, 0.1) is 3.79 Å². The van der Waals surface area contributed by atoms with Crippen LogP contribution >= 0.6 is 27.3 Å². The highest BCUT2D eigenvalue weighted by molar-refractivity contribution is 9.11.